The van der Waals surface area contributed by atoms with Crippen LogP contribution in [0, 0.1) is 10.1 Å². The van der Waals surface area contributed by atoms with E-state index in [0.29, 0.717) is 26.2 Å². The van der Waals surface area contributed by atoms with Crippen molar-refractivity contribution in [3.63, 3.8) is 0 Å². The molecule has 150 valence electrons. The molecule has 0 atom stereocenters. The average Bonchev–Trinajstić information content (AvgIpc) is 2.62. The Bertz CT molecular complexity index is 887. The molecule has 0 bridgehead atoms. The molecule has 1 aromatic heterocycles. The highest BCUT2D eigenvalue weighted by Gasteiger charge is 2.34. The molecule has 1 aliphatic heterocycles. The molecule has 12 heteroatoms. The molecule has 0 saturated carbocycles. The van der Waals surface area contributed by atoms with Gasteiger partial charge in [-0.25, -0.2) is 9.97 Å². The van der Waals surface area contributed by atoms with E-state index in [-0.39, 0.29) is 17.3 Å². The van der Waals surface area contributed by atoms with Crippen LogP contribution in [0.4, 0.5) is 36.2 Å². The number of nitrogens with one attached hydrogen (secondary N) is 1. The summed E-state index contributed by atoms with van der Waals surface area (Å²) in [6.07, 6.45) is -3.51. The van der Waals surface area contributed by atoms with E-state index in [2.05, 4.69) is 20.2 Å². The molecule has 1 fully saturated rings. The molecule has 0 unspecified atom stereocenters. The standard InChI is InChI=1S/C16H16ClF3N6O2/c1-24-4-6-25(7-5-24)15-13(26(27)28)14(21-9-22-15)23-10-2-3-12(17)11(8-10)16(18,19)20/h2-3,8-9H,4-7H2,1H3,(H,21,22,23). The lowest BCUT2D eigenvalue weighted by Gasteiger charge is -2.32. The summed E-state index contributed by atoms with van der Waals surface area (Å²) in [5, 5.41) is 13.8. The van der Waals surface area contributed by atoms with Crippen LogP contribution < -0.4 is 10.2 Å². The lowest BCUT2D eigenvalue weighted by atomic mass is 10.2. The zero-order chi connectivity index (χ0) is 20.5. The predicted molar refractivity (Wildman–Crippen MR) is 98.1 cm³/mol. The first kappa shape index (κ1) is 20.1. The summed E-state index contributed by atoms with van der Waals surface area (Å²) < 4.78 is 39.2. The van der Waals surface area contributed by atoms with Crippen LogP contribution in [0.25, 0.3) is 0 Å². The van der Waals surface area contributed by atoms with Crippen LogP contribution in [0.1, 0.15) is 5.56 Å². The number of hydrogen-bond donors (Lipinski definition) is 1. The largest absolute Gasteiger partial charge is 0.417 e. The Morgan fingerprint density at radius 2 is 1.89 bits per heavy atom. The molecule has 0 amide bonds. The molecule has 0 spiro atoms. The van der Waals surface area contributed by atoms with E-state index in [9.17, 15) is 23.3 Å². The number of nitro groups is 1. The van der Waals surface area contributed by atoms with E-state index in [0.717, 1.165) is 18.5 Å². The first-order valence-electron chi connectivity index (χ1n) is 8.23. The predicted octanol–water partition coefficient (Wildman–Crippen LogP) is 3.55. The van der Waals surface area contributed by atoms with Crippen LogP contribution in [-0.2, 0) is 6.18 Å². The molecule has 1 aromatic carbocycles. The lowest BCUT2D eigenvalue weighted by Crippen LogP contribution is -2.45. The van der Waals surface area contributed by atoms with E-state index in [4.69, 9.17) is 11.6 Å². The second-order valence-corrected chi connectivity index (χ2v) is 6.67. The van der Waals surface area contributed by atoms with Crippen molar-refractivity contribution in [2.75, 3.05) is 43.4 Å². The van der Waals surface area contributed by atoms with E-state index in [1.165, 1.54) is 6.07 Å². The van der Waals surface area contributed by atoms with Gasteiger partial charge in [0, 0.05) is 31.9 Å². The molecular weight excluding hydrogens is 401 g/mol. The zero-order valence-corrected chi connectivity index (χ0v) is 15.5. The Kier molecular flexibility index (Phi) is 5.57. The number of nitrogens with zero attached hydrogens (tertiary/aromatic N) is 5. The molecule has 8 nitrogen and oxygen atoms in total. The molecule has 2 heterocycles. The minimum Gasteiger partial charge on any atom is -0.348 e. The van der Waals surface area contributed by atoms with Crippen LogP contribution in [0.3, 0.4) is 0 Å². The maximum atomic E-state index is 13.1. The van der Waals surface area contributed by atoms with Crippen molar-refractivity contribution in [2.45, 2.75) is 6.18 Å². The smallest absolute Gasteiger partial charge is 0.348 e. The van der Waals surface area contributed by atoms with Crippen LogP contribution >= 0.6 is 11.6 Å². The Balaban J connectivity index is 1.97. The quantitative estimate of drug-likeness (QED) is 0.602. The third-order valence-corrected chi connectivity index (χ3v) is 4.65. The van der Waals surface area contributed by atoms with Crippen molar-refractivity contribution in [1.82, 2.24) is 14.9 Å². The third-order valence-electron chi connectivity index (χ3n) is 4.32. The van der Waals surface area contributed by atoms with E-state index < -0.39 is 27.4 Å². The van der Waals surface area contributed by atoms with E-state index in [1.54, 1.807) is 4.90 Å². The molecule has 2 aromatic rings. The minimum atomic E-state index is -4.66. The molecule has 1 aliphatic rings. The Hall–Kier alpha value is -2.66. The zero-order valence-electron chi connectivity index (χ0n) is 14.7. The molecule has 28 heavy (non-hydrogen) atoms. The minimum absolute atomic E-state index is 0.0251. The summed E-state index contributed by atoms with van der Waals surface area (Å²) in [7, 11) is 1.94. The third kappa shape index (κ3) is 4.25. The van der Waals surface area contributed by atoms with E-state index >= 15 is 0 Å². The Morgan fingerprint density at radius 1 is 1.21 bits per heavy atom. The van der Waals surface area contributed by atoms with Crippen LogP contribution in [0.2, 0.25) is 5.02 Å². The highest BCUT2D eigenvalue weighted by Crippen LogP contribution is 2.38. The van der Waals surface area contributed by atoms with Crippen LogP contribution in [0.5, 0.6) is 0 Å². The van der Waals surface area contributed by atoms with Gasteiger partial charge in [-0.1, -0.05) is 11.6 Å². The van der Waals surface area contributed by atoms with Gasteiger partial charge in [0.05, 0.1) is 15.5 Å². The van der Waals surface area contributed by atoms with Crippen LogP contribution in [0.15, 0.2) is 24.5 Å². The number of halogens is 4. The topological polar surface area (TPSA) is 87.4 Å². The molecule has 0 aliphatic carbocycles. The van der Waals surface area contributed by atoms with Gasteiger partial charge in [-0.05, 0) is 25.2 Å². The Morgan fingerprint density at radius 3 is 2.50 bits per heavy atom. The summed E-state index contributed by atoms with van der Waals surface area (Å²) in [6.45, 7) is 2.48. The Labute approximate surface area is 163 Å². The van der Waals surface area contributed by atoms with E-state index in [1.807, 2.05) is 7.05 Å². The average molecular weight is 417 g/mol. The highest BCUT2D eigenvalue weighted by atomic mass is 35.5. The fourth-order valence-corrected chi connectivity index (χ4v) is 3.06. The maximum absolute atomic E-state index is 13.1. The van der Waals surface area contributed by atoms with Gasteiger partial charge in [-0.3, -0.25) is 10.1 Å². The first-order chi connectivity index (χ1) is 13.2. The first-order valence-corrected chi connectivity index (χ1v) is 8.61. The summed E-state index contributed by atoms with van der Waals surface area (Å²) in [5.74, 6) is -0.0648. The number of likely N-dealkylation sites (N-methyl/N-ethyl adjacent to an activating group) is 1. The van der Waals surface area contributed by atoms with Gasteiger partial charge in [-0.2, -0.15) is 13.2 Å². The van der Waals surface area contributed by atoms with Gasteiger partial charge in [0.25, 0.3) is 0 Å². The van der Waals surface area contributed by atoms with Gasteiger partial charge >= 0.3 is 11.9 Å². The number of aromatic nitrogens is 2. The van der Waals surface area contributed by atoms with Crippen molar-refractivity contribution in [2.24, 2.45) is 0 Å². The van der Waals surface area contributed by atoms with Crippen molar-refractivity contribution in [3.8, 4) is 0 Å². The number of alkyl halides is 3. The second-order valence-electron chi connectivity index (χ2n) is 6.26. The van der Waals surface area contributed by atoms with Crippen molar-refractivity contribution < 1.29 is 18.1 Å². The fourth-order valence-electron chi connectivity index (χ4n) is 2.84. The molecule has 3 rings (SSSR count). The lowest BCUT2D eigenvalue weighted by molar-refractivity contribution is -0.383. The second kappa shape index (κ2) is 7.76. The fraction of sp³-hybridized carbons (Fsp3) is 0.375. The maximum Gasteiger partial charge on any atom is 0.417 e. The number of benzene rings is 1. The number of rotatable bonds is 4. The van der Waals surface area contributed by atoms with Gasteiger partial charge in [0.2, 0.25) is 11.6 Å². The molecule has 0 radical (unpaired) electrons. The molecular formula is C16H16ClF3N6O2. The number of anilines is 3. The highest BCUT2D eigenvalue weighted by molar-refractivity contribution is 6.31. The monoisotopic (exact) mass is 416 g/mol. The van der Waals surface area contributed by atoms with Crippen LogP contribution in [-0.4, -0.2) is 53.0 Å². The molecule has 1 N–H and O–H groups in total. The van der Waals surface area contributed by atoms with Gasteiger partial charge in [-0.15, -0.1) is 0 Å². The summed E-state index contributed by atoms with van der Waals surface area (Å²) in [4.78, 5) is 22.8. The number of hydrogen-bond acceptors (Lipinski definition) is 7. The van der Waals surface area contributed by atoms with Gasteiger partial charge in [0.15, 0.2) is 0 Å². The summed E-state index contributed by atoms with van der Waals surface area (Å²) in [6, 6.07) is 3.14. The summed E-state index contributed by atoms with van der Waals surface area (Å²) in [5.41, 5.74) is -1.46. The van der Waals surface area contributed by atoms with Crippen molar-refractivity contribution in [3.05, 3.63) is 45.2 Å². The SMILES string of the molecule is CN1CCN(c2ncnc(Nc3ccc(Cl)c(C(F)(F)F)c3)c2[N+](=O)[O-])CC1. The number of piperazine rings is 1. The van der Waals surface area contributed by atoms with Gasteiger partial charge in [0.1, 0.15) is 6.33 Å². The summed E-state index contributed by atoms with van der Waals surface area (Å²) >= 11 is 5.61. The molecule has 1 saturated heterocycles. The van der Waals surface area contributed by atoms with Gasteiger partial charge < -0.3 is 15.1 Å². The van der Waals surface area contributed by atoms with Crippen molar-refractivity contribution in [1.29, 1.82) is 0 Å². The normalized spacial score (nSPS) is 15.5. The van der Waals surface area contributed by atoms with Crippen molar-refractivity contribution >= 4 is 34.6 Å².